The summed E-state index contributed by atoms with van der Waals surface area (Å²) in [5.74, 6) is 0.837. The zero-order valence-electron chi connectivity index (χ0n) is 11.1. The van der Waals surface area contributed by atoms with Gasteiger partial charge >= 0.3 is 0 Å². The Morgan fingerprint density at radius 2 is 2.05 bits per heavy atom. The Bertz CT molecular complexity index is 565. The highest BCUT2D eigenvalue weighted by Gasteiger charge is 2.09. The van der Waals surface area contributed by atoms with Gasteiger partial charge in [0, 0.05) is 11.8 Å². The first-order valence-electron chi connectivity index (χ1n) is 5.55. The molecule has 0 heterocycles. The molecule has 1 rings (SSSR count). The summed E-state index contributed by atoms with van der Waals surface area (Å²) >= 11 is 0. The average Bonchev–Trinajstić information content (AvgIpc) is 2.36. The molecule has 0 spiro atoms. The SMILES string of the molecule is COc1cc(/C(C)=N/O)ccc1OCCS(C)(=O)=O. The second-order valence-electron chi connectivity index (χ2n) is 4.03. The Balaban J connectivity index is 2.85. The molecule has 0 aliphatic rings. The standard InChI is InChI=1S/C12H17NO5S/c1-9(13-14)10-4-5-11(12(8-10)17-2)18-6-7-19(3,15)16/h4-5,8,14H,6-7H2,1-3H3/b13-9+. The molecule has 0 fully saturated rings. The van der Waals surface area contributed by atoms with E-state index in [1.54, 1.807) is 25.1 Å². The van der Waals surface area contributed by atoms with E-state index in [4.69, 9.17) is 14.7 Å². The van der Waals surface area contributed by atoms with E-state index in [1.807, 2.05) is 0 Å². The fourth-order valence-electron chi connectivity index (χ4n) is 1.37. The second-order valence-corrected chi connectivity index (χ2v) is 6.29. The van der Waals surface area contributed by atoms with Gasteiger partial charge in [0.1, 0.15) is 6.61 Å². The molecular weight excluding hydrogens is 270 g/mol. The lowest BCUT2D eigenvalue weighted by Gasteiger charge is -2.11. The Labute approximate surface area is 112 Å². The van der Waals surface area contributed by atoms with Crippen molar-refractivity contribution in [3.8, 4) is 11.5 Å². The van der Waals surface area contributed by atoms with E-state index < -0.39 is 9.84 Å². The number of sulfone groups is 1. The van der Waals surface area contributed by atoms with Crippen LogP contribution in [0.25, 0.3) is 0 Å². The predicted octanol–water partition coefficient (Wildman–Crippen LogP) is 1.32. The molecular formula is C12H17NO5S. The lowest BCUT2D eigenvalue weighted by Crippen LogP contribution is -2.12. The van der Waals surface area contributed by atoms with Crippen molar-refractivity contribution in [2.75, 3.05) is 25.7 Å². The summed E-state index contributed by atoms with van der Waals surface area (Å²) < 4.78 is 32.5. The molecule has 6 nitrogen and oxygen atoms in total. The fourth-order valence-corrected chi connectivity index (χ4v) is 1.76. The zero-order valence-corrected chi connectivity index (χ0v) is 11.9. The number of rotatable bonds is 6. The van der Waals surface area contributed by atoms with E-state index in [2.05, 4.69) is 5.16 Å². The molecule has 0 saturated heterocycles. The highest BCUT2D eigenvalue weighted by Crippen LogP contribution is 2.28. The van der Waals surface area contributed by atoms with Crippen LogP contribution in [0.5, 0.6) is 11.5 Å². The van der Waals surface area contributed by atoms with Crippen LogP contribution in [0.15, 0.2) is 23.4 Å². The third kappa shape index (κ3) is 4.78. The molecule has 19 heavy (non-hydrogen) atoms. The minimum atomic E-state index is -3.06. The van der Waals surface area contributed by atoms with Gasteiger partial charge in [-0.1, -0.05) is 5.16 Å². The lowest BCUT2D eigenvalue weighted by molar-refractivity contribution is 0.311. The van der Waals surface area contributed by atoms with E-state index >= 15 is 0 Å². The molecule has 106 valence electrons. The van der Waals surface area contributed by atoms with Crippen LogP contribution in [0, 0.1) is 0 Å². The molecule has 0 aromatic heterocycles. The normalized spacial score (nSPS) is 12.3. The molecule has 1 N–H and O–H groups in total. The van der Waals surface area contributed by atoms with Gasteiger partial charge in [0.2, 0.25) is 0 Å². The molecule has 0 aliphatic heterocycles. The highest BCUT2D eigenvalue weighted by molar-refractivity contribution is 7.90. The van der Waals surface area contributed by atoms with Crippen LogP contribution in [-0.2, 0) is 9.84 Å². The van der Waals surface area contributed by atoms with Gasteiger partial charge in [0.25, 0.3) is 0 Å². The summed E-state index contributed by atoms with van der Waals surface area (Å²) in [5, 5.41) is 11.8. The molecule has 0 aliphatic carbocycles. The van der Waals surface area contributed by atoms with E-state index in [0.717, 1.165) is 6.26 Å². The molecule has 0 bridgehead atoms. The van der Waals surface area contributed by atoms with Crippen molar-refractivity contribution < 1.29 is 23.1 Å². The minimum Gasteiger partial charge on any atom is -0.493 e. The summed E-state index contributed by atoms with van der Waals surface area (Å²) in [7, 11) is -1.58. The van der Waals surface area contributed by atoms with Crippen molar-refractivity contribution in [2.24, 2.45) is 5.16 Å². The number of methoxy groups -OCH3 is 1. The van der Waals surface area contributed by atoms with E-state index in [-0.39, 0.29) is 12.4 Å². The first-order valence-corrected chi connectivity index (χ1v) is 7.61. The molecule has 1 aromatic carbocycles. The van der Waals surface area contributed by atoms with Crippen LogP contribution >= 0.6 is 0 Å². The summed E-state index contributed by atoms with van der Waals surface area (Å²) in [6.45, 7) is 1.71. The summed E-state index contributed by atoms with van der Waals surface area (Å²) in [6, 6.07) is 5.00. The first-order chi connectivity index (χ1) is 8.87. The maximum absolute atomic E-state index is 11.0. The molecule has 0 atom stereocenters. The number of ether oxygens (including phenoxy) is 2. The Morgan fingerprint density at radius 3 is 2.58 bits per heavy atom. The van der Waals surface area contributed by atoms with Crippen LogP contribution in [0.1, 0.15) is 12.5 Å². The monoisotopic (exact) mass is 287 g/mol. The quantitative estimate of drug-likeness (QED) is 0.484. The van der Waals surface area contributed by atoms with Crippen LogP contribution in [-0.4, -0.2) is 45.1 Å². The van der Waals surface area contributed by atoms with Crippen LogP contribution in [0.3, 0.4) is 0 Å². The molecule has 0 radical (unpaired) electrons. The third-order valence-electron chi connectivity index (χ3n) is 2.44. The van der Waals surface area contributed by atoms with E-state index in [9.17, 15) is 8.42 Å². The second kappa shape index (κ2) is 6.42. The number of hydrogen-bond acceptors (Lipinski definition) is 6. The summed E-state index contributed by atoms with van der Waals surface area (Å²) in [4.78, 5) is 0. The topological polar surface area (TPSA) is 85.2 Å². The highest BCUT2D eigenvalue weighted by atomic mass is 32.2. The van der Waals surface area contributed by atoms with Crippen molar-refractivity contribution in [1.82, 2.24) is 0 Å². The van der Waals surface area contributed by atoms with Crippen LogP contribution in [0.2, 0.25) is 0 Å². The number of hydrogen-bond donors (Lipinski definition) is 1. The third-order valence-corrected chi connectivity index (χ3v) is 3.35. The van der Waals surface area contributed by atoms with Crippen molar-refractivity contribution in [1.29, 1.82) is 0 Å². The summed E-state index contributed by atoms with van der Waals surface area (Å²) in [6.07, 6.45) is 1.15. The van der Waals surface area contributed by atoms with Gasteiger partial charge in [-0.15, -0.1) is 0 Å². The Kier molecular flexibility index (Phi) is 5.17. The van der Waals surface area contributed by atoms with Crippen molar-refractivity contribution in [3.05, 3.63) is 23.8 Å². The number of benzene rings is 1. The number of oxime groups is 1. The lowest BCUT2D eigenvalue weighted by atomic mass is 10.1. The number of nitrogens with zero attached hydrogens (tertiary/aromatic N) is 1. The molecule has 0 amide bonds. The van der Waals surface area contributed by atoms with E-state index in [0.29, 0.717) is 22.8 Å². The van der Waals surface area contributed by atoms with Gasteiger partial charge in [0.15, 0.2) is 21.3 Å². The molecule has 7 heteroatoms. The van der Waals surface area contributed by atoms with Gasteiger partial charge in [0.05, 0.1) is 18.6 Å². The van der Waals surface area contributed by atoms with Gasteiger partial charge in [-0.3, -0.25) is 0 Å². The van der Waals surface area contributed by atoms with Crippen molar-refractivity contribution >= 4 is 15.5 Å². The first kappa shape index (κ1) is 15.3. The molecule has 0 unspecified atom stereocenters. The fraction of sp³-hybridized carbons (Fsp3) is 0.417. The zero-order chi connectivity index (χ0) is 14.5. The molecule has 1 aromatic rings. The van der Waals surface area contributed by atoms with Crippen molar-refractivity contribution in [3.63, 3.8) is 0 Å². The van der Waals surface area contributed by atoms with Gasteiger partial charge in [-0.2, -0.15) is 0 Å². The van der Waals surface area contributed by atoms with Gasteiger partial charge < -0.3 is 14.7 Å². The van der Waals surface area contributed by atoms with Crippen LogP contribution in [0.4, 0.5) is 0 Å². The maximum atomic E-state index is 11.0. The largest absolute Gasteiger partial charge is 0.493 e. The Morgan fingerprint density at radius 1 is 1.37 bits per heavy atom. The van der Waals surface area contributed by atoms with Crippen molar-refractivity contribution in [2.45, 2.75) is 6.92 Å². The smallest absolute Gasteiger partial charge is 0.161 e. The summed E-state index contributed by atoms with van der Waals surface area (Å²) in [5.41, 5.74) is 1.13. The minimum absolute atomic E-state index is 0.0572. The average molecular weight is 287 g/mol. The maximum Gasteiger partial charge on any atom is 0.161 e. The van der Waals surface area contributed by atoms with E-state index in [1.165, 1.54) is 7.11 Å². The van der Waals surface area contributed by atoms with Crippen LogP contribution < -0.4 is 9.47 Å². The molecule has 0 saturated carbocycles. The predicted molar refractivity (Wildman–Crippen MR) is 72.2 cm³/mol. The Hall–Kier alpha value is -1.76. The van der Waals surface area contributed by atoms with Gasteiger partial charge in [-0.05, 0) is 25.1 Å². The van der Waals surface area contributed by atoms with Gasteiger partial charge in [-0.25, -0.2) is 8.42 Å².